The third-order valence-corrected chi connectivity index (χ3v) is 5.10. The third kappa shape index (κ3) is 3.98. The van der Waals surface area contributed by atoms with Crippen LogP contribution >= 0.6 is 22.6 Å². The second-order valence-corrected chi connectivity index (χ2v) is 7.16. The van der Waals surface area contributed by atoms with Gasteiger partial charge in [-0.1, -0.05) is 48.5 Å². The second-order valence-electron chi connectivity index (χ2n) is 6.00. The number of hydrogen-bond donors (Lipinski definition) is 0. The minimum Gasteiger partial charge on any atom is -0.457 e. The van der Waals surface area contributed by atoms with Crippen molar-refractivity contribution in [1.82, 2.24) is 9.97 Å². The van der Waals surface area contributed by atoms with Crippen molar-refractivity contribution in [3.63, 3.8) is 0 Å². The second kappa shape index (κ2) is 7.84. The Morgan fingerprint density at radius 3 is 2.37 bits per heavy atom. The molecule has 0 aliphatic carbocycles. The number of ether oxygens (including phenoxy) is 1. The summed E-state index contributed by atoms with van der Waals surface area (Å²) in [7, 11) is 0. The maximum Gasteiger partial charge on any atom is 0.339 e. The first-order valence-corrected chi connectivity index (χ1v) is 9.51. The summed E-state index contributed by atoms with van der Waals surface area (Å²) in [5, 5.41) is 0. The molecule has 0 atom stereocenters. The predicted octanol–water partition coefficient (Wildman–Crippen LogP) is 5.26. The van der Waals surface area contributed by atoms with Gasteiger partial charge in [0.25, 0.3) is 0 Å². The fourth-order valence-electron chi connectivity index (χ4n) is 2.72. The van der Waals surface area contributed by atoms with Crippen molar-refractivity contribution in [2.45, 2.75) is 6.61 Å². The molecule has 0 radical (unpaired) electrons. The van der Waals surface area contributed by atoms with Gasteiger partial charge in [0.1, 0.15) is 6.61 Å². The fourth-order valence-corrected chi connectivity index (χ4v) is 3.33. The van der Waals surface area contributed by atoms with Gasteiger partial charge in [-0.15, -0.1) is 0 Å². The van der Waals surface area contributed by atoms with Gasteiger partial charge in [-0.05, 0) is 52.4 Å². The number of halogens is 1. The first-order chi connectivity index (χ1) is 13.2. The lowest BCUT2D eigenvalue weighted by molar-refractivity contribution is 0.0471. The molecule has 0 spiro atoms. The van der Waals surface area contributed by atoms with Gasteiger partial charge in [-0.2, -0.15) is 0 Å². The van der Waals surface area contributed by atoms with Crippen LogP contribution < -0.4 is 0 Å². The number of fused-ring (bicyclic) bond motifs is 1. The standard InChI is InChI=1S/C22H15IN2O2/c23-18-6-2-1-5-17(18)22(26)27-14-15-9-11-16(12-10-15)21-13-24-19-7-3-4-8-20(19)25-21/h1-13H,14H2. The maximum absolute atomic E-state index is 12.2. The number of carbonyl (C=O) groups is 1. The van der Waals surface area contributed by atoms with E-state index < -0.39 is 0 Å². The van der Waals surface area contributed by atoms with E-state index in [-0.39, 0.29) is 12.6 Å². The number of esters is 1. The highest BCUT2D eigenvalue weighted by Gasteiger charge is 2.11. The molecular weight excluding hydrogens is 451 g/mol. The molecule has 0 N–H and O–H groups in total. The summed E-state index contributed by atoms with van der Waals surface area (Å²) in [6.07, 6.45) is 1.77. The molecule has 4 nitrogen and oxygen atoms in total. The Morgan fingerprint density at radius 2 is 1.59 bits per heavy atom. The van der Waals surface area contributed by atoms with E-state index in [1.54, 1.807) is 12.3 Å². The van der Waals surface area contributed by atoms with E-state index in [1.165, 1.54) is 0 Å². The maximum atomic E-state index is 12.2. The molecular formula is C22H15IN2O2. The van der Waals surface area contributed by atoms with Crippen LogP contribution in [0.5, 0.6) is 0 Å². The molecule has 132 valence electrons. The molecule has 0 aliphatic heterocycles. The lowest BCUT2D eigenvalue weighted by atomic mass is 10.1. The SMILES string of the molecule is O=C(OCc1ccc(-c2cnc3ccccc3n2)cc1)c1ccccc1I. The summed E-state index contributed by atoms with van der Waals surface area (Å²) in [6, 6.07) is 23.0. The Hall–Kier alpha value is -2.80. The summed E-state index contributed by atoms with van der Waals surface area (Å²) in [4.78, 5) is 21.3. The molecule has 1 aromatic heterocycles. The van der Waals surface area contributed by atoms with Crippen molar-refractivity contribution in [3.8, 4) is 11.3 Å². The van der Waals surface area contributed by atoms with Gasteiger partial charge in [0.05, 0.1) is 28.5 Å². The number of aromatic nitrogens is 2. The first kappa shape index (κ1) is 17.6. The molecule has 27 heavy (non-hydrogen) atoms. The van der Waals surface area contributed by atoms with E-state index in [4.69, 9.17) is 4.74 Å². The van der Waals surface area contributed by atoms with Crippen LogP contribution in [-0.4, -0.2) is 15.9 Å². The van der Waals surface area contributed by atoms with Crippen LogP contribution in [0.3, 0.4) is 0 Å². The number of carbonyl (C=O) groups excluding carboxylic acids is 1. The van der Waals surface area contributed by atoms with Gasteiger partial charge in [0.15, 0.2) is 0 Å². The van der Waals surface area contributed by atoms with Crippen molar-refractivity contribution >= 4 is 39.6 Å². The molecule has 0 aliphatic rings. The predicted molar refractivity (Wildman–Crippen MR) is 113 cm³/mol. The van der Waals surface area contributed by atoms with Gasteiger partial charge in [-0.3, -0.25) is 4.98 Å². The summed E-state index contributed by atoms with van der Waals surface area (Å²) in [6.45, 7) is 0.230. The van der Waals surface area contributed by atoms with E-state index >= 15 is 0 Å². The largest absolute Gasteiger partial charge is 0.457 e. The van der Waals surface area contributed by atoms with Crippen LogP contribution in [0.2, 0.25) is 0 Å². The highest BCUT2D eigenvalue weighted by atomic mass is 127. The summed E-state index contributed by atoms with van der Waals surface area (Å²) in [5.41, 5.74) is 5.04. The van der Waals surface area contributed by atoms with E-state index in [9.17, 15) is 4.79 Å². The summed E-state index contributed by atoms with van der Waals surface area (Å²) < 4.78 is 6.31. The summed E-state index contributed by atoms with van der Waals surface area (Å²) in [5.74, 6) is -0.315. The van der Waals surface area contributed by atoms with E-state index in [2.05, 4.69) is 32.6 Å². The smallest absolute Gasteiger partial charge is 0.339 e. The lowest BCUT2D eigenvalue weighted by Crippen LogP contribution is -2.06. The fraction of sp³-hybridized carbons (Fsp3) is 0.0455. The van der Waals surface area contributed by atoms with Crippen LogP contribution in [0.4, 0.5) is 0 Å². The molecule has 4 rings (SSSR count). The quantitative estimate of drug-likeness (QED) is 0.304. The number of hydrogen-bond acceptors (Lipinski definition) is 4. The van der Waals surface area contributed by atoms with Gasteiger partial charge in [0.2, 0.25) is 0 Å². The number of nitrogens with zero attached hydrogens (tertiary/aromatic N) is 2. The Bertz CT molecular complexity index is 1110. The molecule has 4 aromatic rings. The first-order valence-electron chi connectivity index (χ1n) is 8.43. The molecule has 0 fully saturated rings. The molecule has 0 unspecified atom stereocenters. The van der Waals surface area contributed by atoms with Crippen LogP contribution in [-0.2, 0) is 11.3 Å². The zero-order valence-electron chi connectivity index (χ0n) is 14.3. The zero-order chi connectivity index (χ0) is 18.6. The van der Waals surface area contributed by atoms with Crippen LogP contribution in [0.25, 0.3) is 22.3 Å². The molecule has 1 heterocycles. The normalized spacial score (nSPS) is 10.7. The summed E-state index contributed by atoms with van der Waals surface area (Å²) >= 11 is 2.13. The molecule has 0 saturated carbocycles. The Kier molecular flexibility index (Phi) is 5.11. The van der Waals surface area contributed by atoms with E-state index in [1.807, 2.05) is 66.7 Å². The highest BCUT2D eigenvalue weighted by Crippen LogP contribution is 2.20. The molecule has 3 aromatic carbocycles. The Balaban J connectivity index is 1.47. The van der Waals surface area contributed by atoms with Crippen LogP contribution in [0, 0.1) is 3.57 Å². The number of benzene rings is 3. The topological polar surface area (TPSA) is 52.1 Å². The number of para-hydroxylation sites is 2. The monoisotopic (exact) mass is 466 g/mol. The van der Waals surface area contributed by atoms with Crippen LogP contribution in [0.15, 0.2) is 79.0 Å². The third-order valence-electron chi connectivity index (χ3n) is 4.16. The molecule has 5 heteroatoms. The minimum atomic E-state index is -0.315. The lowest BCUT2D eigenvalue weighted by Gasteiger charge is -2.07. The highest BCUT2D eigenvalue weighted by molar-refractivity contribution is 14.1. The zero-order valence-corrected chi connectivity index (χ0v) is 16.5. The van der Waals surface area contributed by atoms with Gasteiger partial charge in [-0.25, -0.2) is 9.78 Å². The average Bonchev–Trinajstić information content (AvgIpc) is 2.72. The Morgan fingerprint density at radius 1 is 0.889 bits per heavy atom. The van der Waals surface area contributed by atoms with E-state index in [0.29, 0.717) is 5.56 Å². The molecule has 0 amide bonds. The van der Waals surface area contributed by atoms with Gasteiger partial charge < -0.3 is 4.74 Å². The molecule has 0 saturated heterocycles. The molecule has 0 bridgehead atoms. The van der Waals surface area contributed by atoms with Crippen molar-refractivity contribution < 1.29 is 9.53 Å². The number of rotatable bonds is 4. The van der Waals surface area contributed by atoms with Crippen LogP contribution in [0.1, 0.15) is 15.9 Å². The van der Waals surface area contributed by atoms with E-state index in [0.717, 1.165) is 31.4 Å². The van der Waals surface area contributed by atoms with Crippen molar-refractivity contribution in [2.24, 2.45) is 0 Å². The van der Waals surface area contributed by atoms with Gasteiger partial charge >= 0.3 is 5.97 Å². The van der Waals surface area contributed by atoms with Crippen molar-refractivity contribution in [3.05, 3.63) is 93.7 Å². The Labute approximate surface area is 170 Å². The van der Waals surface area contributed by atoms with Gasteiger partial charge in [0, 0.05) is 9.13 Å². The van der Waals surface area contributed by atoms with Crippen molar-refractivity contribution in [2.75, 3.05) is 0 Å². The average molecular weight is 466 g/mol. The van der Waals surface area contributed by atoms with Crippen molar-refractivity contribution in [1.29, 1.82) is 0 Å². The minimum absolute atomic E-state index is 0.230.